The standard InChI is InChI=1S/C17H16ClN3/c1-11-7-8-19-17-16(11)20-15(10-18)21(17)14-9-13(14)12-5-3-2-4-6-12/h2-8,13-14H,9-10H2,1H3. The van der Waals surface area contributed by atoms with Crippen LogP contribution in [0.4, 0.5) is 0 Å². The van der Waals surface area contributed by atoms with Gasteiger partial charge in [-0.05, 0) is 30.5 Å². The quantitative estimate of drug-likeness (QED) is 0.678. The van der Waals surface area contributed by atoms with Crippen molar-refractivity contribution in [1.29, 1.82) is 0 Å². The predicted molar refractivity (Wildman–Crippen MR) is 84.7 cm³/mol. The lowest BCUT2D eigenvalue weighted by Crippen LogP contribution is -2.02. The Bertz CT molecular complexity index is 794. The minimum Gasteiger partial charge on any atom is -0.308 e. The number of nitrogens with zero attached hydrogens (tertiary/aromatic N) is 3. The monoisotopic (exact) mass is 297 g/mol. The van der Waals surface area contributed by atoms with Crippen molar-refractivity contribution in [3.8, 4) is 0 Å². The van der Waals surface area contributed by atoms with Crippen LogP contribution < -0.4 is 0 Å². The maximum atomic E-state index is 6.11. The summed E-state index contributed by atoms with van der Waals surface area (Å²) in [5, 5.41) is 0. The number of halogens is 1. The van der Waals surface area contributed by atoms with Crippen LogP contribution in [-0.2, 0) is 5.88 Å². The summed E-state index contributed by atoms with van der Waals surface area (Å²) >= 11 is 6.11. The normalized spacial score (nSPS) is 20.9. The summed E-state index contributed by atoms with van der Waals surface area (Å²) in [6.45, 7) is 2.07. The van der Waals surface area contributed by atoms with Crippen LogP contribution >= 0.6 is 11.6 Å². The molecule has 0 spiro atoms. The molecule has 3 nitrogen and oxygen atoms in total. The summed E-state index contributed by atoms with van der Waals surface area (Å²) in [6, 6.07) is 13.1. The molecule has 1 aromatic carbocycles. The molecule has 1 aliphatic carbocycles. The SMILES string of the molecule is Cc1ccnc2c1nc(CCl)n2C1CC1c1ccccc1. The molecule has 21 heavy (non-hydrogen) atoms. The first-order valence-corrected chi connectivity index (χ1v) is 7.76. The third kappa shape index (κ3) is 2.04. The van der Waals surface area contributed by atoms with Crippen LogP contribution in [0.15, 0.2) is 42.6 Å². The first kappa shape index (κ1) is 12.8. The van der Waals surface area contributed by atoms with Gasteiger partial charge >= 0.3 is 0 Å². The highest BCUT2D eigenvalue weighted by molar-refractivity contribution is 6.16. The van der Waals surface area contributed by atoms with E-state index in [-0.39, 0.29) is 0 Å². The van der Waals surface area contributed by atoms with Gasteiger partial charge in [0.2, 0.25) is 0 Å². The number of rotatable bonds is 3. The molecule has 1 aliphatic rings. The molecule has 106 valence electrons. The van der Waals surface area contributed by atoms with Crippen LogP contribution in [0.3, 0.4) is 0 Å². The molecule has 1 fully saturated rings. The van der Waals surface area contributed by atoms with Crippen molar-refractivity contribution in [2.75, 3.05) is 0 Å². The predicted octanol–water partition coefficient (Wildman–Crippen LogP) is 4.21. The number of hydrogen-bond acceptors (Lipinski definition) is 2. The Labute approximate surface area is 128 Å². The van der Waals surface area contributed by atoms with Crippen molar-refractivity contribution >= 4 is 22.8 Å². The average Bonchev–Trinajstić information content (AvgIpc) is 3.21. The third-order valence-corrected chi connectivity index (χ3v) is 4.53. The lowest BCUT2D eigenvalue weighted by atomic mass is 10.1. The fourth-order valence-electron chi connectivity index (χ4n) is 3.12. The molecule has 0 saturated heterocycles. The zero-order chi connectivity index (χ0) is 14.4. The first-order chi connectivity index (χ1) is 10.3. The van der Waals surface area contributed by atoms with Gasteiger partial charge in [0, 0.05) is 18.2 Å². The number of imidazole rings is 1. The Hall–Kier alpha value is -1.87. The number of fused-ring (bicyclic) bond motifs is 1. The molecule has 0 bridgehead atoms. The molecule has 2 aromatic heterocycles. The minimum atomic E-state index is 0.424. The number of alkyl halides is 1. The molecule has 2 atom stereocenters. The van der Waals surface area contributed by atoms with Crippen molar-refractivity contribution < 1.29 is 0 Å². The van der Waals surface area contributed by atoms with Gasteiger partial charge in [-0.1, -0.05) is 30.3 Å². The molecule has 2 unspecified atom stereocenters. The van der Waals surface area contributed by atoms with E-state index in [1.54, 1.807) is 0 Å². The van der Waals surface area contributed by atoms with Crippen molar-refractivity contribution in [2.24, 2.45) is 0 Å². The Balaban J connectivity index is 1.79. The molecular formula is C17H16ClN3. The van der Waals surface area contributed by atoms with Crippen LogP contribution in [0, 0.1) is 6.92 Å². The topological polar surface area (TPSA) is 30.7 Å². The lowest BCUT2D eigenvalue weighted by Gasteiger charge is -2.07. The Morgan fingerprint density at radius 1 is 1.24 bits per heavy atom. The Kier molecular flexibility index (Phi) is 2.96. The van der Waals surface area contributed by atoms with Crippen molar-refractivity contribution in [1.82, 2.24) is 14.5 Å². The van der Waals surface area contributed by atoms with E-state index in [2.05, 4.69) is 51.8 Å². The zero-order valence-corrected chi connectivity index (χ0v) is 12.6. The highest BCUT2D eigenvalue weighted by atomic mass is 35.5. The van der Waals surface area contributed by atoms with E-state index in [0.29, 0.717) is 17.8 Å². The molecule has 0 amide bonds. The summed E-state index contributed by atoms with van der Waals surface area (Å²) in [7, 11) is 0. The van der Waals surface area contributed by atoms with Gasteiger partial charge in [-0.15, -0.1) is 11.6 Å². The minimum absolute atomic E-state index is 0.424. The molecule has 0 aliphatic heterocycles. The van der Waals surface area contributed by atoms with Crippen LogP contribution in [0.25, 0.3) is 11.2 Å². The van der Waals surface area contributed by atoms with E-state index in [0.717, 1.165) is 29.0 Å². The van der Waals surface area contributed by atoms with Crippen molar-refractivity contribution in [2.45, 2.75) is 31.2 Å². The van der Waals surface area contributed by atoms with E-state index >= 15 is 0 Å². The highest BCUT2D eigenvalue weighted by Crippen LogP contribution is 2.52. The second-order valence-corrected chi connectivity index (χ2v) is 5.92. The van der Waals surface area contributed by atoms with Gasteiger partial charge in [0.25, 0.3) is 0 Å². The van der Waals surface area contributed by atoms with Crippen molar-refractivity contribution in [3.05, 3.63) is 59.5 Å². The maximum Gasteiger partial charge on any atom is 0.160 e. The second kappa shape index (κ2) is 4.85. The Morgan fingerprint density at radius 3 is 2.81 bits per heavy atom. The Morgan fingerprint density at radius 2 is 2.05 bits per heavy atom. The molecule has 0 radical (unpaired) electrons. The number of aromatic nitrogens is 3. The first-order valence-electron chi connectivity index (χ1n) is 7.23. The van der Waals surface area contributed by atoms with Gasteiger partial charge in [-0.3, -0.25) is 0 Å². The molecule has 4 rings (SSSR count). The van der Waals surface area contributed by atoms with Crippen LogP contribution in [-0.4, -0.2) is 14.5 Å². The van der Waals surface area contributed by atoms with Gasteiger partial charge in [0.1, 0.15) is 11.3 Å². The lowest BCUT2D eigenvalue weighted by molar-refractivity contribution is 0.700. The highest BCUT2D eigenvalue weighted by Gasteiger charge is 2.42. The summed E-state index contributed by atoms with van der Waals surface area (Å²) in [4.78, 5) is 9.23. The number of pyridine rings is 1. The molecule has 0 N–H and O–H groups in total. The van der Waals surface area contributed by atoms with E-state index in [4.69, 9.17) is 11.6 Å². The van der Waals surface area contributed by atoms with Gasteiger partial charge in [0.15, 0.2) is 5.65 Å². The summed E-state index contributed by atoms with van der Waals surface area (Å²) in [5.74, 6) is 1.90. The number of aryl methyl sites for hydroxylation is 1. The summed E-state index contributed by atoms with van der Waals surface area (Å²) in [5.41, 5.74) is 4.49. The average molecular weight is 298 g/mol. The van der Waals surface area contributed by atoms with Gasteiger partial charge < -0.3 is 4.57 Å². The second-order valence-electron chi connectivity index (χ2n) is 5.65. The zero-order valence-electron chi connectivity index (χ0n) is 11.8. The summed E-state index contributed by atoms with van der Waals surface area (Å²) in [6.07, 6.45) is 2.99. The largest absolute Gasteiger partial charge is 0.308 e. The van der Waals surface area contributed by atoms with Gasteiger partial charge in [0.05, 0.1) is 5.88 Å². The summed E-state index contributed by atoms with van der Waals surface area (Å²) < 4.78 is 2.24. The van der Waals surface area contributed by atoms with E-state index in [1.165, 1.54) is 5.56 Å². The van der Waals surface area contributed by atoms with E-state index in [9.17, 15) is 0 Å². The van der Waals surface area contributed by atoms with Gasteiger partial charge in [-0.25, -0.2) is 9.97 Å². The number of benzene rings is 1. The molecule has 1 saturated carbocycles. The van der Waals surface area contributed by atoms with Crippen molar-refractivity contribution in [3.63, 3.8) is 0 Å². The molecular weight excluding hydrogens is 282 g/mol. The van der Waals surface area contributed by atoms with Gasteiger partial charge in [-0.2, -0.15) is 0 Å². The number of hydrogen-bond donors (Lipinski definition) is 0. The van der Waals surface area contributed by atoms with E-state index < -0.39 is 0 Å². The van der Waals surface area contributed by atoms with E-state index in [1.807, 2.05) is 12.3 Å². The smallest absolute Gasteiger partial charge is 0.160 e. The fraction of sp³-hybridized carbons (Fsp3) is 0.294. The van der Waals surface area contributed by atoms with Crippen LogP contribution in [0.2, 0.25) is 0 Å². The fourth-order valence-corrected chi connectivity index (χ4v) is 3.31. The molecule has 3 aromatic rings. The molecule has 4 heteroatoms. The maximum absolute atomic E-state index is 6.11. The third-order valence-electron chi connectivity index (χ3n) is 4.29. The van der Waals surface area contributed by atoms with Crippen LogP contribution in [0.5, 0.6) is 0 Å². The van der Waals surface area contributed by atoms with Crippen LogP contribution in [0.1, 0.15) is 35.3 Å². The molecule has 2 heterocycles.